The number of rotatable bonds is 7. The molecule has 6 rings (SSSR count). The molecule has 0 fully saturated rings. The highest BCUT2D eigenvalue weighted by Crippen LogP contribution is 2.37. The molecule has 2 heterocycles. The molecule has 40 heavy (non-hydrogen) atoms. The minimum Gasteiger partial charge on any atom is -0.497 e. The molecule has 0 aliphatic heterocycles. The highest BCUT2D eigenvalue weighted by atomic mass is 32.2. The highest BCUT2D eigenvalue weighted by Gasteiger charge is 2.32. The molecule has 0 aliphatic rings. The van der Waals surface area contributed by atoms with Crippen molar-refractivity contribution < 1.29 is 26.7 Å². The number of aliphatic hydroxyl groups excluding tert-OH is 1. The zero-order chi connectivity index (χ0) is 28.1. The monoisotopic (exact) mass is 572 g/mol. The van der Waals surface area contributed by atoms with Crippen LogP contribution in [-0.2, 0) is 20.0 Å². The molecule has 0 aliphatic carbocycles. The molecule has 1 unspecified atom stereocenters. The Balaban J connectivity index is 1.65. The summed E-state index contributed by atoms with van der Waals surface area (Å²) >= 11 is 0. The van der Waals surface area contributed by atoms with Gasteiger partial charge in [0.15, 0.2) is 0 Å². The van der Waals surface area contributed by atoms with E-state index in [0.717, 1.165) is 7.94 Å². The van der Waals surface area contributed by atoms with Crippen LogP contribution in [0.2, 0.25) is 0 Å². The number of methoxy groups -OCH3 is 1. The topological polar surface area (TPSA) is 108 Å². The Hall–Kier alpha value is -4.38. The van der Waals surface area contributed by atoms with Crippen LogP contribution in [0.15, 0.2) is 125 Å². The lowest BCUT2D eigenvalue weighted by Gasteiger charge is -2.19. The second kappa shape index (κ2) is 9.67. The second-order valence-corrected chi connectivity index (χ2v) is 12.8. The molecule has 6 aromatic rings. The van der Waals surface area contributed by atoms with Crippen molar-refractivity contribution in [2.75, 3.05) is 7.11 Å². The predicted molar refractivity (Wildman–Crippen MR) is 153 cm³/mol. The first-order chi connectivity index (χ1) is 19.2. The van der Waals surface area contributed by atoms with Gasteiger partial charge in [0.1, 0.15) is 11.9 Å². The maximum absolute atomic E-state index is 14.0. The first-order valence-corrected chi connectivity index (χ1v) is 15.2. The molecule has 0 spiro atoms. The second-order valence-electron chi connectivity index (χ2n) is 9.19. The van der Waals surface area contributed by atoms with Crippen molar-refractivity contribution in [2.45, 2.75) is 15.9 Å². The van der Waals surface area contributed by atoms with Crippen LogP contribution in [0.25, 0.3) is 21.8 Å². The van der Waals surface area contributed by atoms with Gasteiger partial charge in [-0.2, -0.15) is 0 Å². The number of para-hydroxylation sites is 1. The van der Waals surface area contributed by atoms with E-state index in [1.165, 1.54) is 31.4 Å². The lowest BCUT2D eigenvalue weighted by Crippen LogP contribution is -2.22. The fraction of sp³-hybridized carbons (Fsp3) is 0.0667. The van der Waals surface area contributed by atoms with Gasteiger partial charge in [-0.1, -0.05) is 54.6 Å². The molecule has 1 N–H and O–H groups in total. The number of aliphatic hydroxyl groups is 1. The average molecular weight is 573 g/mol. The normalized spacial score (nSPS) is 13.1. The van der Waals surface area contributed by atoms with Crippen molar-refractivity contribution in [2.24, 2.45) is 0 Å². The molecule has 0 saturated carbocycles. The van der Waals surface area contributed by atoms with Crippen molar-refractivity contribution in [3.8, 4) is 5.75 Å². The van der Waals surface area contributed by atoms with E-state index in [2.05, 4.69) is 0 Å². The zero-order valence-electron chi connectivity index (χ0n) is 21.2. The van der Waals surface area contributed by atoms with E-state index in [4.69, 9.17) is 4.74 Å². The van der Waals surface area contributed by atoms with Crippen molar-refractivity contribution in [1.82, 2.24) is 7.94 Å². The summed E-state index contributed by atoms with van der Waals surface area (Å²) < 4.78 is 63.3. The summed E-state index contributed by atoms with van der Waals surface area (Å²) in [6, 6.07) is 30.6. The van der Waals surface area contributed by atoms with E-state index >= 15 is 0 Å². The van der Waals surface area contributed by atoms with Gasteiger partial charge in [0, 0.05) is 10.8 Å². The van der Waals surface area contributed by atoms with E-state index in [-0.39, 0.29) is 21.2 Å². The van der Waals surface area contributed by atoms with E-state index < -0.39 is 26.2 Å². The Morgan fingerprint density at radius 1 is 0.600 bits per heavy atom. The van der Waals surface area contributed by atoms with Gasteiger partial charge in [0.05, 0.1) is 39.3 Å². The molecular formula is C30H24N2O6S2. The molecule has 2 aromatic heterocycles. The summed E-state index contributed by atoms with van der Waals surface area (Å²) in [6.07, 6.45) is -1.64. The van der Waals surface area contributed by atoms with Crippen LogP contribution in [0.1, 0.15) is 17.5 Å². The number of hydrogen-bond acceptors (Lipinski definition) is 6. The van der Waals surface area contributed by atoms with E-state index in [9.17, 15) is 21.9 Å². The fourth-order valence-corrected chi connectivity index (χ4v) is 8.07. The van der Waals surface area contributed by atoms with Crippen molar-refractivity contribution in [1.29, 1.82) is 0 Å². The standard InChI is InChI=1S/C30H24N2O6S2/c1-38-23-16-17-27-22(18-23)20-29(32(27)40(36,37)25-13-6-3-7-14-25)30(33)28-19-21-10-8-9-15-26(21)31(28)39(34,35)24-11-4-2-5-12-24/h2-20,30,33H,1H3. The van der Waals surface area contributed by atoms with Gasteiger partial charge < -0.3 is 9.84 Å². The summed E-state index contributed by atoms with van der Waals surface area (Å²) in [5.41, 5.74) is 0.659. The molecule has 4 aromatic carbocycles. The van der Waals surface area contributed by atoms with Gasteiger partial charge in [-0.3, -0.25) is 0 Å². The highest BCUT2D eigenvalue weighted by molar-refractivity contribution is 7.90. The minimum atomic E-state index is -4.20. The largest absolute Gasteiger partial charge is 0.497 e. The van der Waals surface area contributed by atoms with Crippen LogP contribution in [-0.4, -0.2) is 37.0 Å². The molecule has 0 amide bonds. The fourth-order valence-electron chi connectivity index (χ4n) is 4.93. The molecule has 0 bridgehead atoms. The maximum atomic E-state index is 14.0. The number of hydrogen-bond donors (Lipinski definition) is 1. The Labute approximate surface area is 231 Å². The number of nitrogens with zero attached hydrogens (tertiary/aromatic N) is 2. The first kappa shape index (κ1) is 25.9. The third kappa shape index (κ3) is 4.08. The Morgan fingerprint density at radius 3 is 1.62 bits per heavy atom. The molecule has 202 valence electrons. The summed E-state index contributed by atoms with van der Waals surface area (Å²) in [5.74, 6) is 0.503. The van der Waals surface area contributed by atoms with Crippen LogP contribution < -0.4 is 4.74 Å². The average Bonchev–Trinajstić information content (AvgIpc) is 3.57. The van der Waals surface area contributed by atoms with Crippen molar-refractivity contribution in [3.05, 3.63) is 127 Å². The molecule has 8 nitrogen and oxygen atoms in total. The van der Waals surface area contributed by atoms with E-state index in [1.54, 1.807) is 91.0 Å². The van der Waals surface area contributed by atoms with Gasteiger partial charge in [0.2, 0.25) is 0 Å². The Kier molecular flexibility index (Phi) is 6.25. The first-order valence-electron chi connectivity index (χ1n) is 12.3. The van der Waals surface area contributed by atoms with Gasteiger partial charge in [0.25, 0.3) is 20.0 Å². The van der Waals surface area contributed by atoms with Gasteiger partial charge in [-0.25, -0.2) is 24.8 Å². The Bertz CT molecular complexity index is 2080. The molecule has 0 radical (unpaired) electrons. The summed E-state index contributed by atoms with van der Waals surface area (Å²) in [7, 11) is -6.87. The molecular weight excluding hydrogens is 548 g/mol. The number of fused-ring (bicyclic) bond motifs is 2. The van der Waals surface area contributed by atoms with Crippen LogP contribution >= 0.6 is 0 Å². The Morgan fingerprint density at radius 2 is 1.07 bits per heavy atom. The summed E-state index contributed by atoms with van der Waals surface area (Å²) in [6.45, 7) is 0. The zero-order valence-corrected chi connectivity index (χ0v) is 22.9. The predicted octanol–water partition coefficient (Wildman–Crippen LogP) is 5.16. The third-order valence-corrected chi connectivity index (χ3v) is 10.3. The van der Waals surface area contributed by atoms with Crippen molar-refractivity contribution >= 4 is 41.9 Å². The number of benzene rings is 4. The van der Waals surface area contributed by atoms with Gasteiger partial charge in [-0.15, -0.1) is 0 Å². The summed E-state index contributed by atoms with van der Waals surface area (Å²) in [4.78, 5) is 0.0567. The van der Waals surface area contributed by atoms with Crippen molar-refractivity contribution in [3.63, 3.8) is 0 Å². The van der Waals surface area contributed by atoms with Crippen LogP contribution in [0.3, 0.4) is 0 Å². The molecule has 1 atom stereocenters. The quantitative estimate of drug-likeness (QED) is 0.283. The lowest BCUT2D eigenvalue weighted by molar-refractivity contribution is 0.209. The lowest BCUT2D eigenvalue weighted by atomic mass is 10.1. The number of ether oxygens (including phenoxy) is 1. The SMILES string of the molecule is COc1ccc2c(c1)cc(C(O)c1cc3ccccc3n1S(=O)(=O)c1ccccc1)n2S(=O)(=O)c1ccccc1. The van der Waals surface area contributed by atoms with Crippen LogP contribution in [0.5, 0.6) is 5.75 Å². The third-order valence-electron chi connectivity index (χ3n) is 6.81. The van der Waals surface area contributed by atoms with Gasteiger partial charge >= 0.3 is 0 Å². The van der Waals surface area contributed by atoms with Crippen LogP contribution in [0, 0.1) is 0 Å². The van der Waals surface area contributed by atoms with Crippen LogP contribution in [0.4, 0.5) is 0 Å². The van der Waals surface area contributed by atoms with Gasteiger partial charge in [-0.05, 0) is 60.7 Å². The smallest absolute Gasteiger partial charge is 0.268 e. The minimum absolute atomic E-state index is 0.00401. The van der Waals surface area contributed by atoms with E-state index in [1.807, 2.05) is 0 Å². The maximum Gasteiger partial charge on any atom is 0.268 e. The molecule has 10 heteroatoms. The molecule has 0 saturated heterocycles. The summed E-state index contributed by atoms with van der Waals surface area (Å²) in [5, 5.41) is 13.0. The van der Waals surface area contributed by atoms with E-state index in [0.29, 0.717) is 27.6 Å². The number of aromatic nitrogens is 2.